The number of benzene rings is 1. The lowest BCUT2D eigenvalue weighted by atomic mass is 10.1. The number of ether oxygens (including phenoxy) is 1. The van der Waals surface area contributed by atoms with E-state index in [-0.39, 0.29) is 5.97 Å². The molecule has 0 fully saturated rings. The van der Waals surface area contributed by atoms with Crippen LogP contribution in [-0.4, -0.2) is 18.1 Å². The number of aromatic nitrogens is 1. The van der Waals surface area contributed by atoms with Crippen molar-refractivity contribution in [3.05, 3.63) is 47.7 Å². The van der Waals surface area contributed by atoms with Crippen LogP contribution in [0.15, 0.2) is 36.4 Å². The number of carbonyl (C=O) groups excluding carboxylic acids is 1. The van der Waals surface area contributed by atoms with Gasteiger partial charge in [-0.3, -0.25) is 0 Å². The summed E-state index contributed by atoms with van der Waals surface area (Å²) < 4.78 is 4.71. The lowest BCUT2D eigenvalue weighted by molar-refractivity contribution is 0.0600. The molecule has 1 aromatic heterocycles. The van der Waals surface area contributed by atoms with Gasteiger partial charge in [0.15, 0.2) is 0 Å². The number of hydrogen-bond donors (Lipinski definition) is 1. The summed E-state index contributed by atoms with van der Waals surface area (Å²) in [6.45, 7) is 1.86. The Morgan fingerprint density at radius 2 is 1.94 bits per heavy atom. The highest BCUT2D eigenvalue weighted by molar-refractivity contribution is 5.92. The van der Waals surface area contributed by atoms with Crippen molar-refractivity contribution in [1.82, 2.24) is 4.98 Å². The molecule has 0 amide bonds. The maximum atomic E-state index is 11.4. The predicted octanol–water partition coefficient (Wildman–Crippen LogP) is 2.78. The van der Waals surface area contributed by atoms with Crippen LogP contribution in [0.4, 0.5) is 0 Å². The first-order valence-corrected chi connectivity index (χ1v) is 5.05. The number of rotatable bonds is 2. The van der Waals surface area contributed by atoms with E-state index in [4.69, 9.17) is 4.74 Å². The predicted molar refractivity (Wildman–Crippen MR) is 62.3 cm³/mol. The zero-order valence-electron chi connectivity index (χ0n) is 9.28. The number of methoxy groups -OCH3 is 1. The minimum absolute atomic E-state index is 0.309. The molecule has 0 saturated heterocycles. The molecule has 2 rings (SSSR count). The van der Waals surface area contributed by atoms with Crippen LogP contribution in [0.2, 0.25) is 0 Å². The highest BCUT2D eigenvalue weighted by Crippen LogP contribution is 2.21. The van der Waals surface area contributed by atoms with Gasteiger partial charge in [-0.05, 0) is 18.6 Å². The van der Waals surface area contributed by atoms with Gasteiger partial charge in [-0.2, -0.15) is 0 Å². The van der Waals surface area contributed by atoms with Gasteiger partial charge >= 0.3 is 5.97 Å². The van der Waals surface area contributed by atoms with Gasteiger partial charge < -0.3 is 9.72 Å². The summed E-state index contributed by atoms with van der Waals surface area (Å²) in [4.78, 5) is 14.6. The third-order valence-electron chi connectivity index (χ3n) is 2.50. The normalized spacial score (nSPS) is 10.1. The zero-order chi connectivity index (χ0) is 11.5. The lowest BCUT2D eigenvalue weighted by Crippen LogP contribution is -2.00. The molecule has 1 aromatic carbocycles. The minimum atomic E-state index is -0.309. The molecule has 82 valence electrons. The topological polar surface area (TPSA) is 42.1 Å². The SMILES string of the molecule is COC(=O)c1cc(-c2ccccc2)[nH]c1C. The fraction of sp³-hybridized carbons (Fsp3) is 0.154. The smallest absolute Gasteiger partial charge is 0.339 e. The number of esters is 1. The van der Waals surface area contributed by atoms with Crippen LogP contribution >= 0.6 is 0 Å². The molecule has 0 unspecified atom stereocenters. The van der Waals surface area contributed by atoms with Crippen LogP contribution in [-0.2, 0) is 4.74 Å². The van der Waals surface area contributed by atoms with Gasteiger partial charge in [-0.1, -0.05) is 30.3 Å². The van der Waals surface area contributed by atoms with Gasteiger partial charge in [-0.25, -0.2) is 4.79 Å². The van der Waals surface area contributed by atoms with E-state index in [0.29, 0.717) is 5.56 Å². The van der Waals surface area contributed by atoms with Crippen molar-refractivity contribution in [3.63, 3.8) is 0 Å². The van der Waals surface area contributed by atoms with E-state index in [1.54, 1.807) is 0 Å². The summed E-state index contributed by atoms with van der Waals surface area (Å²) in [5, 5.41) is 0. The maximum Gasteiger partial charge on any atom is 0.339 e. The Hall–Kier alpha value is -2.03. The Morgan fingerprint density at radius 3 is 2.56 bits per heavy atom. The Labute approximate surface area is 94.1 Å². The van der Waals surface area contributed by atoms with Crippen LogP contribution in [0.5, 0.6) is 0 Å². The van der Waals surface area contributed by atoms with Crippen LogP contribution in [0.3, 0.4) is 0 Å². The Morgan fingerprint density at radius 1 is 1.25 bits per heavy atom. The van der Waals surface area contributed by atoms with E-state index in [1.165, 1.54) is 7.11 Å². The van der Waals surface area contributed by atoms with Crippen molar-refractivity contribution >= 4 is 5.97 Å². The summed E-state index contributed by atoms with van der Waals surface area (Å²) in [6, 6.07) is 11.7. The molecule has 0 aliphatic rings. The Kier molecular flexibility index (Phi) is 2.77. The summed E-state index contributed by atoms with van der Waals surface area (Å²) in [5.41, 5.74) is 3.39. The largest absolute Gasteiger partial charge is 0.465 e. The Balaban J connectivity index is 2.42. The molecule has 0 spiro atoms. The summed E-state index contributed by atoms with van der Waals surface area (Å²) >= 11 is 0. The van der Waals surface area contributed by atoms with Gasteiger partial charge in [0, 0.05) is 11.4 Å². The molecule has 3 nitrogen and oxygen atoms in total. The highest BCUT2D eigenvalue weighted by Gasteiger charge is 2.13. The van der Waals surface area contributed by atoms with Crippen LogP contribution in [0, 0.1) is 6.92 Å². The van der Waals surface area contributed by atoms with Crippen LogP contribution in [0.25, 0.3) is 11.3 Å². The monoisotopic (exact) mass is 215 g/mol. The number of aryl methyl sites for hydroxylation is 1. The number of carbonyl (C=O) groups is 1. The fourth-order valence-electron chi connectivity index (χ4n) is 1.65. The second-order valence-electron chi connectivity index (χ2n) is 3.58. The first kappa shape index (κ1) is 10.5. The lowest BCUT2D eigenvalue weighted by Gasteiger charge is -1.95. The molecule has 1 N–H and O–H groups in total. The number of hydrogen-bond acceptors (Lipinski definition) is 2. The second kappa shape index (κ2) is 4.23. The molecule has 0 bridgehead atoms. The highest BCUT2D eigenvalue weighted by atomic mass is 16.5. The average molecular weight is 215 g/mol. The zero-order valence-corrected chi connectivity index (χ0v) is 9.28. The van der Waals surface area contributed by atoms with E-state index in [2.05, 4.69) is 4.98 Å². The molecular weight excluding hydrogens is 202 g/mol. The number of H-pyrrole nitrogens is 1. The van der Waals surface area contributed by atoms with Gasteiger partial charge in [0.05, 0.1) is 12.7 Å². The van der Waals surface area contributed by atoms with Crippen molar-refractivity contribution in [2.24, 2.45) is 0 Å². The second-order valence-corrected chi connectivity index (χ2v) is 3.58. The molecule has 1 heterocycles. The molecule has 0 atom stereocenters. The minimum Gasteiger partial charge on any atom is -0.465 e. The van der Waals surface area contributed by atoms with Crippen molar-refractivity contribution < 1.29 is 9.53 Å². The van der Waals surface area contributed by atoms with Gasteiger partial charge in [0.25, 0.3) is 0 Å². The number of nitrogens with one attached hydrogen (secondary N) is 1. The molecule has 0 radical (unpaired) electrons. The van der Waals surface area contributed by atoms with Crippen LogP contribution in [0.1, 0.15) is 16.1 Å². The van der Waals surface area contributed by atoms with Crippen molar-refractivity contribution in [3.8, 4) is 11.3 Å². The molecule has 3 heteroatoms. The standard InChI is InChI=1S/C13H13NO2/c1-9-11(13(15)16-2)8-12(14-9)10-6-4-3-5-7-10/h3-8,14H,1-2H3. The van der Waals surface area contributed by atoms with Crippen molar-refractivity contribution in [2.45, 2.75) is 6.92 Å². The summed E-state index contributed by atoms with van der Waals surface area (Å²) in [7, 11) is 1.39. The van der Waals surface area contributed by atoms with E-state index in [1.807, 2.05) is 43.3 Å². The maximum absolute atomic E-state index is 11.4. The quantitative estimate of drug-likeness (QED) is 0.783. The van der Waals surface area contributed by atoms with Gasteiger partial charge in [0.1, 0.15) is 0 Å². The molecule has 2 aromatic rings. The van der Waals surface area contributed by atoms with Gasteiger partial charge in [-0.15, -0.1) is 0 Å². The van der Waals surface area contributed by atoms with E-state index in [9.17, 15) is 4.79 Å². The first-order chi connectivity index (χ1) is 7.72. The number of aromatic amines is 1. The molecule has 16 heavy (non-hydrogen) atoms. The summed E-state index contributed by atoms with van der Waals surface area (Å²) in [6.07, 6.45) is 0. The molecule has 0 aliphatic carbocycles. The van der Waals surface area contributed by atoms with Crippen molar-refractivity contribution in [1.29, 1.82) is 0 Å². The third-order valence-corrected chi connectivity index (χ3v) is 2.50. The first-order valence-electron chi connectivity index (χ1n) is 5.05. The van der Waals surface area contributed by atoms with Crippen molar-refractivity contribution in [2.75, 3.05) is 7.11 Å². The van der Waals surface area contributed by atoms with E-state index in [0.717, 1.165) is 17.0 Å². The third kappa shape index (κ3) is 1.84. The Bertz CT molecular complexity index is 500. The fourth-order valence-corrected chi connectivity index (χ4v) is 1.65. The molecule has 0 aliphatic heterocycles. The van der Waals surface area contributed by atoms with E-state index < -0.39 is 0 Å². The summed E-state index contributed by atoms with van der Waals surface area (Å²) in [5.74, 6) is -0.309. The average Bonchev–Trinajstić information content (AvgIpc) is 2.71. The van der Waals surface area contributed by atoms with Crippen LogP contribution < -0.4 is 0 Å². The molecular formula is C13H13NO2. The molecule has 0 saturated carbocycles. The van der Waals surface area contributed by atoms with E-state index >= 15 is 0 Å². The van der Waals surface area contributed by atoms with Gasteiger partial charge in [0.2, 0.25) is 0 Å².